The number of ether oxygens (including phenoxy) is 1. The van der Waals surface area contributed by atoms with Gasteiger partial charge in [-0.2, -0.15) is 0 Å². The third kappa shape index (κ3) is 3.45. The summed E-state index contributed by atoms with van der Waals surface area (Å²) in [5, 5.41) is 0. The first-order valence-electron chi connectivity index (χ1n) is 9.54. The Labute approximate surface area is 159 Å². The lowest BCUT2D eigenvalue weighted by Gasteiger charge is -2.26. The Bertz CT molecular complexity index is 838. The zero-order valence-electron chi connectivity index (χ0n) is 17.6. The Morgan fingerprint density at radius 2 is 1.42 bits per heavy atom. The molecule has 2 aromatic rings. The molecule has 26 heavy (non-hydrogen) atoms. The number of benzene rings is 2. The van der Waals surface area contributed by atoms with Gasteiger partial charge in [-0.05, 0) is 58.1 Å². The number of methoxy groups -OCH3 is 1. The van der Waals surface area contributed by atoms with Crippen molar-refractivity contribution in [3.05, 3.63) is 58.2 Å². The van der Waals surface area contributed by atoms with Crippen molar-refractivity contribution in [1.82, 2.24) is 0 Å². The summed E-state index contributed by atoms with van der Waals surface area (Å²) in [6.45, 7) is 16.0. The fourth-order valence-corrected chi connectivity index (χ4v) is 3.66. The summed E-state index contributed by atoms with van der Waals surface area (Å²) in [5.74, 6) is 1.000. The summed E-state index contributed by atoms with van der Waals surface area (Å²) in [7, 11) is 1.76. The van der Waals surface area contributed by atoms with Crippen LogP contribution in [0.4, 0.5) is 0 Å². The van der Waals surface area contributed by atoms with E-state index in [2.05, 4.69) is 84.9 Å². The van der Waals surface area contributed by atoms with Crippen molar-refractivity contribution < 1.29 is 4.74 Å². The zero-order valence-corrected chi connectivity index (χ0v) is 17.6. The molecule has 138 valence electrons. The van der Waals surface area contributed by atoms with Gasteiger partial charge < -0.3 is 4.74 Å². The van der Waals surface area contributed by atoms with E-state index in [1.807, 2.05) is 0 Å². The second kappa shape index (κ2) is 6.30. The van der Waals surface area contributed by atoms with Crippen molar-refractivity contribution in [2.24, 2.45) is 0 Å². The average molecular weight is 349 g/mol. The van der Waals surface area contributed by atoms with Gasteiger partial charge in [0.2, 0.25) is 0 Å². The van der Waals surface area contributed by atoms with E-state index < -0.39 is 0 Å². The van der Waals surface area contributed by atoms with Crippen LogP contribution in [0.15, 0.2) is 35.9 Å². The predicted molar refractivity (Wildman–Crippen MR) is 113 cm³/mol. The topological polar surface area (TPSA) is 9.23 Å². The Kier molecular flexibility index (Phi) is 4.55. The van der Waals surface area contributed by atoms with Crippen molar-refractivity contribution in [1.29, 1.82) is 0 Å². The van der Waals surface area contributed by atoms with Gasteiger partial charge in [-0.3, -0.25) is 0 Å². The van der Waals surface area contributed by atoms with Crippen LogP contribution in [0.25, 0.3) is 17.2 Å². The lowest BCUT2D eigenvalue weighted by Crippen LogP contribution is -2.16. The smallest absolute Gasteiger partial charge is 0.123 e. The SMILES string of the molecule is COc1ccc(-c2cc(C(C)(C)C)cc(C(C)(C)C)c2)c2c1CC(C)=C2. The molecule has 0 atom stereocenters. The van der Waals surface area contributed by atoms with E-state index in [9.17, 15) is 0 Å². The second-order valence-electron chi connectivity index (χ2n) is 9.67. The molecule has 2 aromatic carbocycles. The fraction of sp³-hybridized carbons (Fsp3) is 0.440. The molecule has 0 aromatic heterocycles. The van der Waals surface area contributed by atoms with Crippen LogP contribution >= 0.6 is 0 Å². The third-order valence-corrected chi connectivity index (χ3v) is 5.36. The van der Waals surface area contributed by atoms with Crippen LogP contribution in [-0.2, 0) is 17.3 Å². The minimum absolute atomic E-state index is 0.122. The highest BCUT2D eigenvalue weighted by atomic mass is 16.5. The molecule has 0 saturated carbocycles. The molecule has 1 heteroatoms. The van der Waals surface area contributed by atoms with Gasteiger partial charge in [0.25, 0.3) is 0 Å². The first-order valence-corrected chi connectivity index (χ1v) is 9.54. The van der Waals surface area contributed by atoms with Gasteiger partial charge in [-0.1, -0.05) is 77.5 Å². The van der Waals surface area contributed by atoms with Crippen LogP contribution in [0.3, 0.4) is 0 Å². The molecule has 0 heterocycles. The van der Waals surface area contributed by atoms with E-state index in [0.29, 0.717) is 0 Å². The maximum Gasteiger partial charge on any atom is 0.123 e. The number of allylic oxidation sites excluding steroid dienone is 1. The van der Waals surface area contributed by atoms with Gasteiger partial charge in [0.1, 0.15) is 5.75 Å². The van der Waals surface area contributed by atoms with Crippen molar-refractivity contribution in [3.8, 4) is 16.9 Å². The molecule has 0 bridgehead atoms. The molecular weight excluding hydrogens is 316 g/mol. The lowest BCUT2D eigenvalue weighted by molar-refractivity contribution is 0.410. The number of hydrogen-bond acceptors (Lipinski definition) is 1. The highest BCUT2D eigenvalue weighted by molar-refractivity contribution is 5.83. The molecule has 1 nitrogen and oxygen atoms in total. The molecule has 0 fully saturated rings. The van der Waals surface area contributed by atoms with Gasteiger partial charge in [0.05, 0.1) is 7.11 Å². The summed E-state index contributed by atoms with van der Waals surface area (Å²) in [5.41, 5.74) is 9.70. The molecule has 0 unspecified atom stereocenters. The van der Waals surface area contributed by atoms with E-state index in [4.69, 9.17) is 4.74 Å². The van der Waals surface area contributed by atoms with Crippen molar-refractivity contribution >= 4 is 6.08 Å². The molecule has 3 rings (SSSR count). The first-order chi connectivity index (χ1) is 12.0. The van der Waals surface area contributed by atoms with E-state index in [0.717, 1.165) is 12.2 Å². The van der Waals surface area contributed by atoms with Crippen molar-refractivity contribution in [2.75, 3.05) is 7.11 Å². The number of fused-ring (bicyclic) bond motifs is 1. The maximum absolute atomic E-state index is 5.62. The monoisotopic (exact) mass is 348 g/mol. The number of hydrogen-bond donors (Lipinski definition) is 0. The normalized spacial score (nSPS) is 14.2. The van der Waals surface area contributed by atoms with Gasteiger partial charge in [-0.15, -0.1) is 0 Å². The second-order valence-corrected chi connectivity index (χ2v) is 9.67. The van der Waals surface area contributed by atoms with Crippen LogP contribution in [0, 0.1) is 0 Å². The molecule has 0 N–H and O–H groups in total. The van der Waals surface area contributed by atoms with Gasteiger partial charge in [0.15, 0.2) is 0 Å². The highest BCUT2D eigenvalue weighted by Crippen LogP contribution is 2.41. The van der Waals surface area contributed by atoms with E-state index in [1.54, 1.807) is 7.11 Å². The van der Waals surface area contributed by atoms with Crippen LogP contribution in [0.1, 0.15) is 70.7 Å². The summed E-state index contributed by atoms with van der Waals surface area (Å²) in [4.78, 5) is 0. The predicted octanol–water partition coefficient (Wildman–Crippen LogP) is 6.92. The van der Waals surface area contributed by atoms with Gasteiger partial charge >= 0.3 is 0 Å². The average Bonchev–Trinajstić information content (AvgIpc) is 2.93. The van der Waals surface area contributed by atoms with Crippen LogP contribution in [0.5, 0.6) is 5.75 Å². The summed E-state index contributed by atoms with van der Waals surface area (Å²) < 4.78 is 5.62. The summed E-state index contributed by atoms with van der Waals surface area (Å²) in [6, 6.07) is 11.5. The largest absolute Gasteiger partial charge is 0.496 e. The highest BCUT2D eigenvalue weighted by Gasteiger charge is 2.23. The van der Waals surface area contributed by atoms with E-state index >= 15 is 0 Å². The third-order valence-electron chi connectivity index (χ3n) is 5.36. The zero-order chi connectivity index (χ0) is 19.3. The molecule has 0 amide bonds. The molecule has 0 saturated heterocycles. The summed E-state index contributed by atoms with van der Waals surface area (Å²) >= 11 is 0. The van der Waals surface area contributed by atoms with E-state index in [1.165, 1.54) is 39.0 Å². The Morgan fingerprint density at radius 3 is 1.92 bits per heavy atom. The molecule has 1 aliphatic carbocycles. The minimum atomic E-state index is 0.122. The van der Waals surface area contributed by atoms with Crippen LogP contribution in [-0.4, -0.2) is 7.11 Å². The molecule has 0 aliphatic heterocycles. The molecule has 1 aliphatic rings. The lowest BCUT2D eigenvalue weighted by atomic mass is 9.78. The Balaban J connectivity index is 2.27. The standard InChI is InChI=1S/C25H32O/c1-16-11-21-20(9-10-23(26-8)22(21)12-16)17-13-18(24(2,3)4)15-19(14-17)25(5,6)7/h9-11,13-15H,12H2,1-8H3. The Morgan fingerprint density at radius 1 is 0.846 bits per heavy atom. The van der Waals surface area contributed by atoms with Crippen molar-refractivity contribution in [3.63, 3.8) is 0 Å². The molecule has 0 radical (unpaired) electrons. The van der Waals surface area contributed by atoms with Crippen molar-refractivity contribution in [2.45, 2.75) is 65.7 Å². The number of rotatable bonds is 2. The fourth-order valence-electron chi connectivity index (χ4n) is 3.66. The quantitative estimate of drug-likeness (QED) is 0.572. The molecular formula is C25H32O. The van der Waals surface area contributed by atoms with E-state index in [-0.39, 0.29) is 10.8 Å². The first kappa shape index (κ1) is 18.8. The van der Waals surface area contributed by atoms with Gasteiger partial charge in [0, 0.05) is 5.56 Å². The summed E-state index contributed by atoms with van der Waals surface area (Å²) in [6.07, 6.45) is 3.31. The van der Waals surface area contributed by atoms with Gasteiger partial charge in [-0.25, -0.2) is 0 Å². The Hall–Kier alpha value is -2.02. The molecule has 0 spiro atoms. The van der Waals surface area contributed by atoms with Crippen LogP contribution in [0.2, 0.25) is 0 Å². The minimum Gasteiger partial charge on any atom is -0.496 e. The van der Waals surface area contributed by atoms with Crippen LogP contribution < -0.4 is 4.74 Å². The maximum atomic E-state index is 5.62.